The molecule has 2 unspecified atom stereocenters. The summed E-state index contributed by atoms with van der Waals surface area (Å²) in [6.07, 6.45) is 3.74. The predicted molar refractivity (Wildman–Crippen MR) is 80.8 cm³/mol. The van der Waals surface area contributed by atoms with Crippen LogP contribution in [-0.4, -0.2) is 24.2 Å². The molecular formula is C14H19N3OS. The zero-order valence-corrected chi connectivity index (χ0v) is 12.1. The van der Waals surface area contributed by atoms with Gasteiger partial charge >= 0.3 is 0 Å². The number of thiazole rings is 1. The third-order valence-electron chi connectivity index (χ3n) is 3.76. The van der Waals surface area contributed by atoms with Gasteiger partial charge in [0.2, 0.25) is 0 Å². The van der Waals surface area contributed by atoms with Crippen LogP contribution in [0.2, 0.25) is 0 Å². The Balaban J connectivity index is 1.89. The maximum Gasteiger partial charge on any atom is 0.0907 e. The minimum Gasteiger partial charge on any atom is -0.397 e. The van der Waals surface area contributed by atoms with Crippen molar-refractivity contribution in [1.29, 1.82) is 0 Å². The Bertz CT molecular complexity index is 596. The molecule has 1 heterocycles. The molecule has 3 rings (SSSR count). The predicted octanol–water partition coefficient (Wildman–Crippen LogP) is 3.17. The maximum absolute atomic E-state index is 6.14. The van der Waals surface area contributed by atoms with E-state index in [1.807, 2.05) is 13.0 Å². The van der Waals surface area contributed by atoms with E-state index >= 15 is 0 Å². The molecule has 0 radical (unpaired) electrons. The number of aromatic nitrogens is 1. The Labute approximate surface area is 117 Å². The van der Waals surface area contributed by atoms with Crippen molar-refractivity contribution in [2.45, 2.75) is 38.3 Å². The summed E-state index contributed by atoms with van der Waals surface area (Å²) < 4.78 is 6.66. The van der Waals surface area contributed by atoms with E-state index in [0.717, 1.165) is 39.4 Å². The standard InChI is InChI=1S/C14H19N3OS/c1-8-16-12-7-11(9(15)6-14(12)19-8)17-10-4-3-5-13(10)18-2/h6-7,10,13,17H,3-5,15H2,1-2H3. The van der Waals surface area contributed by atoms with Gasteiger partial charge in [0.15, 0.2) is 0 Å². The fraction of sp³-hybridized carbons (Fsp3) is 0.500. The first kappa shape index (κ1) is 12.7. The Morgan fingerprint density at radius 2 is 2.26 bits per heavy atom. The van der Waals surface area contributed by atoms with Crippen LogP contribution in [-0.2, 0) is 4.74 Å². The van der Waals surface area contributed by atoms with Crippen molar-refractivity contribution in [1.82, 2.24) is 4.98 Å². The number of hydrogen-bond acceptors (Lipinski definition) is 5. The second-order valence-corrected chi connectivity index (χ2v) is 6.33. The molecule has 0 bridgehead atoms. The van der Waals surface area contributed by atoms with Crippen LogP contribution in [0.4, 0.5) is 11.4 Å². The molecule has 1 aliphatic rings. The fourth-order valence-corrected chi connectivity index (χ4v) is 3.66. The number of nitrogens with two attached hydrogens (primary N) is 1. The van der Waals surface area contributed by atoms with E-state index in [0.29, 0.717) is 6.04 Å². The Morgan fingerprint density at radius 1 is 1.42 bits per heavy atom. The SMILES string of the molecule is COC1CCCC1Nc1cc2nc(C)sc2cc1N. The molecule has 19 heavy (non-hydrogen) atoms. The number of aryl methyl sites for hydroxylation is 1. The lowest BCUT2D eigenvalue weighted by atomic mass is 10.1. The van der Waals surface area contributed by atoms with E-state index in [-0.39, 0.29) is 6.10 Å². The molecule has 0 saturated heterocycles. The topological polar surface area (TPSA) is 60.2 Å². The summed E-state index contributed by atoms with van der Waals surface area (Å²) >= 11 is 1.68. The molecule has 102 valence electrons. The minimum atomic E-state index is 0.285. The highest BCUT2D eigenvalue weighted by molar-refractivity contribution is 7.18. The summed E-state index contributed by atoms with van der Waals surface area (Å²) in [5.41, 5.74) is 8.92. The zero-order chi connectivity index (χ0) is 13.4. The molecule has 1 aliphatic carbocycles. The summed E-state index contributed by atoms with van der Waals surface area (Å²) in [6, 6.07) is 4.42. The molecule has 1 fully saturated rings. The molecule has 0 amide bonds. The molecule has 0 aliphatic heterocycles. The van der Waals surface area contributed by atoms with Gasteiger partial charge < -0.3 is 15.8 Å². The van der Waals surface area contributed by atoms with Crippen LogP contribution in [0, 0.1) is 6.92 Å². The van der Waals surface area contributed by atoms with E-state index in [2.05, 4.69) is 16.4 Å². The third-order valence-corrected chi connectivity index (χ3v) is 4.70. The van der Waals surface area contributed by atoms with E-state index in [9.17, 15) is 0 Å². The van der Waals surface area contributed by atoms with E-state index < -0.39 is 0 Å². The lowest BCUT2D eigenvalue weighted by Crippen LogP contribution is -2.30. The zero-order valence-electron chi connectivity index (χ0n) is 11.3. The molecule has 2 atom stereocenters. The van der Waals surface area contributed by atoms with Gasteiger partial charge in [-0.05, 0) is 38.3 Å². The Kier molecular flexibility index (Phi) is 3.33. The van der Waals surface area contributed by atoms with Crippen molar-refractivity contribution < 1.29 is 4.74 Å². The van der Waals surface area contributed by atoms with Crippen molar-refractivity contribution in [3.63, 3.8) is 0 Å². The van der Waals surface area contributed by atoms with Gasteiger partial charge in [-0.15, -0.1) is 11.3 Å². The summed E-state index contributed by atoms with van der Waals surface area (Å²) in [5.74, 6) is 0. The molecule has 1 saturated carbocycles. The number of benzene rings is 1. The van der Waals surface area contributed by atoms with Crippen LogP contribution in [0.3, 0.4) is 0 Å². The number of methoxy groups -OCH3 is 1. The maximum atomic E-state index is 6.14. The summed E-state index contributed by atoms with van der Waals surface area (Å²) in [6.45, 7) is 2.02. The van der Waals surface area contributed by atoms with Gasteiger partial charge in [0.25, 0.3) is 0 Å². The second kappa shape index (κ2) is 4.98. The van der Waals surface area contributed by atoms with Gasteiger partial charge in [-0.3, -0.25) is 0 Å². The van der Waals surface area contributed by atoms with Crippen LogP contribution in [0.15, 0.2) is 12.1 Å². The number of nitrogen functional groups attached to an aromatic ring is 1. The van der Waals surface area contributed by atoms with E-state index in [1.165, 1.54) is 6.42 Å². The summed E-state index contributed by atoms with van der Waals surface area (Å²) in [4.78, 5) is 4.52. The monoisotopic (exact) mass is 277 g/mol. The normalized spacial score (nSPS) is 23.1. The van der Waals surface area contributed by atoms with Crippen LogP contribution in [0.1, 0.15) is 24.3 Å². The average Bonchev–Trinajstić information content (AvgIpc) is 2.95. The number of anilines is 2. The van der Waals surface area contributed by atoms with Gasteiger partial charge in [0.1, 0.15) is 0 Å². The molecule has 0 spiro atoms. The summed E-state index contributed by atoms with van der Waals surface area (Å²) in [5, 5.41) is 4.60. The highest BCUT2D eigenvalue weighted by Crippen LogP contribution is 2.32. The largest absolute Gasteiger partial charge is 0.397 e. The lowest BCUT2D eigenvalue weighted by molar-refractivity contribution is 0.101. The molecule has 1 aromatic heterocycles. The molecule has 4 nitrogen and oxygen atoms in total. The van der Waals surface area contributed by atoms with Crippen molar-refractivity contribution in [2.75, 3.05) is 18.2 Å². The third kappa shape index (κ3) is 2.40. The molecule has 3 N–H and O–H groups in total. The molecule has 1 aromatic carbocycles. The lowest BCUT2D eigenvalue weighted by Gasteiger charge is -2.21. The molecule has 2 aromatic rings. The van der Waals surface area contributed by atoms with Crippen molar-refractivity contribution in [2.24, 2.45) is 0 Å². The first-order chi connectivity index (χ1) is 9.17. The quantitative estimate of drug-likeness (QED) is 0.846. The first-order valence-electron chi connectivity index (χ1n) is 6.63. The van der Waals surface area contributed by atoms with E-state index in [4.69, 9.17) is 10.5 Å². The van der Waals surface area contributed by atoms with Gasteiger partial charge in [0.05, 0.1) is 38.7 Å². The van der Waals surface area contributed by atoms with Gasteiger partial charge in [-0.25, -0.2) is 4.98 Å². The molecular weight excluding hydrogens is 258 g/mol. The summed E-state index contributed by atoms with van der Waals surface area (Å²) in [7, 11) is 1.78. The number of fused-ring (bicyclic) bond motifs is 1. The number of nitrogens with zero attached hydrogens (tertiary/aromatic N) is 1. The number of nitrogens with one attached hydrogen (secondary N) is 1. The van der Waals surface area contributed by atoms with Crippen molar-refractivity contribution in [3.05, 3.63) is 17.1 Å². The average molecular weight is 277 g/mol. The number of hydrogen-bond donors (Lipinski definition) is 2. The second-order valence-electron chi connectivity index (χ2n) is 5.10. The Morgan fingerprint density at radius 3 is 3.05 bits per heavy atom. The fourth-order valence-electron chi connectivity index (χ4n) is 2.80. The van der Waals surface area contributed by atoms with Crippen LogP contribution in [0.25, 0.3) is 10.2 Å². The highest BCUT2D eigenvalue weighted by Gasteiger charge is 2.27. The van der Waals surface area contributed by atoms with Crippen LogP contribution >= 0.6 is 11.3 Å². The van der Waals surface area contributed by atoms with Gasteiger partial charge in [-0.1, -0.05) is 0 Å². The van der Waals surface area contributed by atoms with Crippen LogP contribution in [0.5, 0.6) is 0 Å². The smallest absolute Gasteiger partial charge is 0.0907 e. The minimum absolute atomic E-state index is 0.285. The first-order valence-corrected chi connectivity index (χ1v) is 7.45. The van der Waals surface area contributed by atoms with Crippen LogP contribution < -0.4 is 11.1 Å². The molecule has 5 heteroatoms. The van der Waals surface area contributed by atoms with Gasteiger partial charge in [-0.2, -0.15) is 0 Å². The highest BCUT2D eigenvalue weighted by atomic mass is 32.1. The van der Waals surface area contributed by atoms with Gasteiger partial charge in [0, 0.05) is 7.11 Å². The number of ether oxygens (including phenoxy) is 1. The van der Waals surface area contributed by atoms with Crippen molar-refractivity contribution in [3.8, 4) is 0 Å². The Hall–Kier alpha value is -1.33. The van der Waals surface area contributed by atoms with E-state index in [1.54, 1.807) is 18.4 Å². The van der Waals surface area contributed by atoms with Crippen molar-refractivity contribution >= 4 is 32.9 Å². The number of rotatable bonds is 3.